The number of carbonyl (C=O) groups excluding carboxylic acids is 2. The standard InChI is InChI=1S/C23H29NO4/c1-11(25)27-9-20-15-5-6-16(21(20)10-28-12(2)26)23-19-8-18(22(15)23)14-4-3-13(24)7-17(14)19/h3-4,7,15-16,18-23H,5-6,8-10,24H2,1-2H3/t15-,16+,18+,19-,20+,21+,22+,23-/m0/s1. The third-order valence-electron chi connectivity index (χ3n) is 8.22. The highest BCUT2D eigenvalue weighted by molar-refractivity contribution is 5.66. The molecule has 2 N–H and O–H groups in total. The van der Waals surface area contributed by atoms with Gasteiger partial charge in [0.2, 0.25) is 0 Å². The first-order valence-electron chi connectivity index (χ1n) is 10.6. The topological polar surface area (TPSA) is 78.6 Å². The summed E-state index contributed by atoms with van der Waals surface area (Å²) in [6, 6.07) is 6.47. The Morgan fingerprint density at radius 1 is 0.929 bits per heavy atom. The molecular weight excluding hydrogens is 354 g/mol. The number of benzene rings is 1. The molecule has 0 aromatic heterocycles. The van der Waals surface area contributed by atoms with Crippen LogP contribution in [0.15, 0.2) is 18.2 Å². The van der Waals surface area contributed by atoms with Gasteiger partial charge in [-0.05, 0) is 78.0 Å². The van der Waals surface area contributed by atoms with Crippen molar-refractivity contribution < 1.29 is 19.1 Å². The molecule has 0 radical (unpaired) electrons. The molecule has 5 aliphatic carbocycles. The summed E-state index contributed by atoms with van der Waals surface area (Å²) in [4.78, 5) is 23.0. The van der Waals surface area contributed by atoms with Crippen LogP contribution in [0, 0.1) is 35.5 Å². The van der Waals surface area contributed by atoms with E-state index in [2.05, 4.69) is 12.1 Å². The lowest BCUT2D eigenvalue weighted by Crippen LogP contribution is -2.54. The summed E-state index contributed by atoms with van der Waals surface area (Å²) in [5.74, 6) is 3.68. The van der Waals surface area contributed by atoms with E-state index in [0.717, 1.165) is 5.69 Å². The van der Waals surface area contributed by atoms with Crippen LogP contribution < -0.4 is 5.73 Å². The van der Waals surface area contributed by atoms with Crippen LogP contribution in [-0.4, -0.2) is 25.2 Å². The van der Waals surface area contributed by atoms with Gasteiger partial charge >= 0.3 is 11.9 Å². The minimum Gasteiger partial charge on any atom is -0.466 e. The second-order valence-corrected chi connectivity index (χ2v) is 9.33. The zero-order valence-corrected chi connectivity index (χ0v) is 16.6. The molecule has 5 nitrogen and oxygen atoms in total. The minimum absolute atomic E-state index is 0.224. The van der Waals surface area contributed by atoms with Crippen molar-refractivity contribution >= 4 is 17.6 Å². The van der Waals surface area contributed by atoms with E-state index in [9.17, 15) is 9.59 Å². The van der Waals surface area contributed by atoms with Crippen LogP contribution in [0.3, 0.4) is 0 Å². The molecule has 28 heavy (non-hydrogen) atoms. The molecule has 0 heterocycles. The van der Waals surface area contributed by atoms with Crippen molar-refractivity contribution in [2.45, 2.75) is 44.9 Å². The maximum Gasteiger partial charge on any atom is 0.302 e. The van der Waals surface area contributed by atoms with Crippen LogP contribution in [0.2, 0.25) is 0 Å². The van der Waals surface area contributed by atoms with Crippen LogP contribution in [-0.2, 0) is 19.1 Å². The monoisotopic (exact) mass is 383 g/mol. The van der Waals surface area contributed by atoms with Crippen molar-refractivity contribution in [3.8, 4) is 0 Å². The molecule has 1 aromatic carbocycles. The molecule has 0 amide bonds. The van der Waals surface area contributed by atoms with E-state index in [1.807, 2.05) is 6.07 Å². The molecule has 1 aromatic rings. The number of hydrogen-bond acceptors (Lipinski definition) is 5. The third kappa shape index (κ3) is 2.58. The highest BCUT2D eigenvalue weighted by Gasteiger charge is 2.64. The average Bonchev–Trinajstić information content (AvgIpc) is 3.23. The van der Waals surface area contributed by atoms with Crippen molar-refractivity contribution in [2.75, 3.05) is 18.9 Å². The summed E-state index contributed by atoms with van der Waals surface area (Å²) in [5, 5.41) is 0. The van der Waals surface area contributed by atoms with Crippen LogP contribution >= 0.6 is 0 Å². The Kier molecular flexibility index (Phi) is 4.18. The number of nitrogens with two attached hydrogens (primary N) is 1. The van der Waals surface area contributed by atoms with Gasteiger partial charge in [-0.3, -0.25) is 9.59 Å². The summed E-state index contributed by atoms with van der Waals surface area (Å²) >= 11 is 0. The maximum atomic E-state index is 11.5. The first-order valence-corrected chi connectivity index (χ1v) is 10.6. The Balaban J connectivity index is 1.49. The van der Waals surface area contributed by atoms with Crippen LogP contribution in [0.1, 0.15) is 56.1 Å². The van der Waals surface area contributed by atoms with Gasteiger partial charge in [-0.1, -0.05) is 6.07 Å². The number of esters is 2. The van der Waals surface area contributed by atoms with Gasteiger partial charge in [0.15, 0.2) is 0 Å². The van der Waals surface area contributed by atoms with Crippen LogP contribution in [0.25, 0.3) is 0 Å². The van der Waals surface area contributed by atoms with Gasteiger partial charge < -0.3 is 15.2 Å². The second kappa shape index (κ2) is 6.50. The van der Waals surface area contributed by atoms with E-state index in [0.29, 0.717) is 54.6 Å². The van der Waals surface area contributed by atoms with Crippen molar-refractivity contribution in [3.63, 3.8) is 0 Å². The smallest absolute Gasteiger partial charge is 0.302 e. The SMILES string of the molecule is CC(=O)OC[C@H]1[C@H](COC(C)=O)[C@@H]2CC[C@H]1[C@@H]1[C@H]2[C@@H]2C[C@H]1c1cc(N)ccc12. The molecule has 0 unspecified atom stereocenters. The van der Waals surface area contributed by atoms with E-state index < -0.39 is 0 Å². The lowest BCUT2D eigenvalue weighted by Gasteiger charge is -2.58. The number of fused-ring (bicyclic) bond motifs is 7. The number of hydrogen-bond donors (Lipinski definition) is 1. The lowest BCUT2D eigenvalue weighted by molar-refractivity contribution is -0.161. The first kappa shape index (κ1) is 18.0. The molecule has 0 aliphatic heterocycles. The number of anilines is 1. The molecule has 6 rings (SSSR count). The average molecular weight is 383 g/mol. The lowest BCUT2D eigenvalue weighted by atomic mass is 9.47. The predicted molar refractivity (Wildman–Crippen MR) is 104 cm³/mol. The molecule has 4 fully saturated rings. The van der Waals surface area contributed by atoms with E-state index in [1.165, 1.54) is 44.2 Å². The van der Waals surface area contributed by atoms with Crippen LogP contribution in [0.5, 0.6) is 0 Å². The molecule has 4 saturated carbocycles. The summed E-state index contributed by atoms with van der Waals surface area (Å²) in [7, 11) is 0. The van der Waals surface area contributed by atoms with Gasteiger partial charge in [0.25, 0.3) is 0 Å². The van der Waals surface area contributed by atoms with Gasteiger partial charge in [-0.25, -0.2) is 0 Å². The molecule has 0 saturated heterocycles. The number of carbonyl (C=O) groups is 2. The van der Waals surface area contributed by atoms with Crippen molar-refractivity contribution in [2.24, 2.45) is 35.5 Å². The van der Waals surface area contributed by atoms with Gasteiger partial charge in [0.1, 0.15) is 0 Å². The Morgan fingerprint density at radius 3 is 2.00 bits per heavy atom. The Morgan fingerprint density at radius 2 is 1.46 bits per heavy atom. The fourth-order valence-corrected chi connectivity index (χ4v) is 7.54. The van der Waals surface area contributed by atoms with E-state index >= 15 is 0 Å². The highest BCUT2D eigenvalue weighted by atomic mass is 16.5. The van der Waals surface area contributed by atoms with Crippen LogP contribution in [0.4, 0.5) is 5.69 Å². The normalized spacial score (nSPS) is 39.4. The minimum atomic E-state index is -0.227. The highest BCUT2D eigenvalue weighted by Crippen LogP contribution is 2.71. The van der Waals surface area contributed by atoms with Gasteiger partial charge in [-0.2, -0.15) is 0 Å². The van der Waals surface area contributed by atoms with Crippen molar-refractivity contribution in [3.05, 3.63) is 29.3 Å². The summed E-state index contributed by atoms with van der Waals surface area (Å²) in [6.07, 6.45) is 3.61. The quantitative estimate of drug-likeness (QED) is 0.636. The van der Waals surface area contributed by atoms with E-state index in [1.54, 1.807) is 0 Å². The molecule has 0 spiro atoms. The largest absolute Gasteiger partial charge is 0.466 e. The van der Waals surface area contributed by atoms with E-state index in [-0.39, 0.29) is 17.9 Å². The molecule has 4 bridgehead atoms. The van der Waals surface area contributed by atoms with Crippen molar-refractivity contribution in [1.82, 2.24) is 0 Å². The number of ether oxygens (including phenoxy) is 2. The number of rotatable bonds is 4. The van der Waals surface area contributed by atoms with Crippen molar-refractivity contribution in [1.29, 1.82) is 0 Å². The summed E-state index contributed by atoms with van der Waals surface area (Å²) < 4.78 is 11.0. The molecule has 150 valence electrons. The summed E-state index contributed by atoms with van der Waals surface area (Å²) in [6.45, 7) is 3.86. The Bertz CT molecular complexity index is 821. The predicted octanol–water partition coefficient (Wildman–Crippen LogP) is 3.48. The zero-order chi connectivity index (χ0) is 19.6. The molecule has 5 heteroatoms. The van der Waals surface area contributed by atoms with Gasteiger partial charge in [0.05, 0.1) is 13.2 Å². The molecule has 8 atom stereocenters. The fourth-order valence-electron chi connectivity index (χ4n) is 7.54. The molecule has 5 aliphatic rings. The third-order valence-corrected chi connectivity index (χ3v) is 8.22. The first-order chi connectivity index (χ1) is 13.5. The molecular formula is C23H29NO4. The maximum absolute atomic E-state index is 11.5. The zero-order valence-electron chi connectivity index (χ0n) is 16.6. The Hall–Kier alpha value is -2.04. The number of nitrogen functional groups attached to an aromatic ring is 1. The summed E-state index contributed by atoms with van der Waals surface area (Å²) in [5.41, 5.74) is 9.91. The fraction of sp³-hybridized carbons (Fsp3) is 0.652. The Labute approximate surface area is 166 Å². The van der Waals surface area contributed by atoms with E-state index in [4.69, 9.17) is 15.2 Å². The van der Waals surface area contributed by atoms with Gasteiger partial charge in [-0.15, -0.1) is 0 Å². The van der Waals surface area contributed by atoms with Gasteiger partial charge in [0, 0.05) is 31.4 Å². The second-order valence-electron chi connectivity index (χ2n) is 9.33.